The summed E-state index contributed by atoms with van der Waals surface area (Å²) in [5, 5.41) is 8.13. The van der Waals surface area contributed by atoms with Crippen molar-refractivity contribution in [3.63, 3.8) is 0 Å². The third kappa shape index (κ3) is 4.36. The number of sulfonamides is 1. The molecule has 1 aliphatic heterocycles. The number of rotatable bonds is 5. The van der Waals surface area contributed by atoms with Crippen molar-refractivity contribution >= 4 is 26.9 Å². The van der Waals surface area contributed by atoms with Crippen molar-refractivity contribution in [2.45, 2.75) is 57.7 Å². The molecule has 2 aliphatic rings. The van der Waals surface area contributed by atoms with Crippen LogP contribution in [0.3, 0.4) is 0 Å². The number of aromatic nitrogens is 3. The molecule has 0 radical (unpaired) electrons. The van der Waals surface area contributed by atoms with Gasteiger partial charge in [0.05, 0.1) is 15.8 Å². The fourth-order valence-electron chi connectivity index (χ4n) is 5.92. The summed E-state index contributed by atoms with van der Waals surface area (Å²) in [6.07, 6.45) is 2.63. The minimum absolute atomic E-state index is 0.0514. The molecule has 2 fully saturated rings. The Morgan fingerprint density at radius 1 is 1.11 bits per heavy atom. The van der Waals surface area contributed by atoms with E-state index in [9.17, 15) is 18.0 Å². The molecule has 0 unspecified atom stereocenters. The summed E-state index contributed by atoms with van der Waals surface area (Å²) in [7, 11) is -3.79. The number of carbonyl (C=O) groups excluding carboxylic acids is 1. The molecule has 2 heterocycles. The zero-order valence-electron chi connectivity index (χ0n) is 20.0. The Morgan fingerprint density at radius 3 is 2.69 bits per heavy atom. The van der Waals surface area contributed by atoms with Crippen LogP contribution in [0.25, 0.3) is 10.9 Å². The largest absolute Gasteiger partial charge is 0.439 e. The summed E-state index contributed by atoms with van der Waals surface area (Å²) < 4.78 is 34.9. The lowest BCUT2D eigenvalue weighted by Gasteiger charge is -2.39. The van der Waals surface area contributed by atoms with Crippen molar-refractivity contribution in [1.82, 2.24) is 19.3 Å². The molecule has 3 aromatic rings. The van der Waals surface area contributed by atoms with Gasteiger partial charge in [-0.05, 0) is 60.4 Å². The van der Waals surface area contributed by atoms with Gasteiger partial charge >= 0.3 is 5.97 Å². The highest BCUT2D eigenvalue weighted by Gasteiger charge is 2.53. The molecule has 9 nitrogen and oxygen atoms in total. The lowest BCUT2D eigenvalue weighted by Crippen LogP contribution is -2.37. The van der Waals surface area contributed by atoms with Crippen LogP contribution in [0.4, 0.5) is 0 Å². The Balaban J connectivity index is 1.35. The smallest absolute Gasteiger partial charge is 0.339 e. The van der Waals surface area contributed by atoms with Gasteiger partial charge in [0.25, 0.3) is 5.56 Å². The van der Waals surface area contributed by atoms with E-state index in [1.165, 1.54) is 24.3 Å². The summed E-state index contributed by atoms with van der Waals surface area (Å²) in [6, 6.07) is 12.5. The van der Waals surface area contributed by atoms with Crippen LogP contribution in [0, 0.1) is 10.8 Å². The zero-order valence-corrected chi connectivity index (χ0v) is 20.8. The number of hydrogen-bond donors (Lipinski definition) is 0. The van der Waals surface area contributed by atoms with Gasteiger partial charge in [-0.3, -0.25) is 4.79 Å². The average Bonchev–Trinajstić information content (AvgIpc) is 3.08. The Morgan fingerprint density at radius 2 is 1.89 bits per heavy atom. The van der Waals surface area contributed by atoms with E-state index in [0.29, 0.717) is 17.4 Å². The Bertz CT molecular complexity index is 1480. The number of carbonyl (C=O) groups is 1. The highest BCUT2D eigenvalue weighted by molar-refractivity contribution is 7.89. The maximum atomic E-state index is 13.6. The fourth-order valence-corrected chi connectivity index (χ4v) is 7.74. The van der Waals surface area contributed by atoms with Gasteiger partial charge in [0, 0.05) is 12.6 Å². The SMILES string of the molecule is CC1(C)C[C@H]2C[C@@](C)(CN2S(=O)(=O)c2cccc(C(=O)OCn3nnc4ccccc4c3=O)c2)C1. The van der Waals surface area contributed by atoms with Gasteiger partial charge in [-0.2, -0.15) is 8.99 Å². The van der Waals surface area contributed by atoms with Crippen molar-refractivity contribution in [3.8, 4) is 0 Å². The molecule has 0 N–H and O–H groups in total. The van der Waals surface area contributed by atoms with E-state index in [2.05, 4.69) is 31.1 Å². The Labute approximate surface area is 203 Å². The summed E-state index contributed by atoms with van der Waals surface area (Å²) >= 11 is 0. The lowest BCUT2D eigenvalue weighted by molar-refractivity contribution is 0.0335. The molecule has 35 heavy (non-hydrogen) atoms. The van der Waals surface area contributed by atoms with Crippen LogP contribution in [0.1, 0.15) is 50.4 Å². The molecule has 1 saturated heterocycles. The van der Waals surface area contributed by atoms with Crippen molar-refractivity contribution < 1.29 is 17.9 Å². The molecule has 0 spiro atoms. The number of fused-ring (bicyclic) bond motifs is 3. The van der Waals surface area contributed by atoms with Crippen molar-refractivity contribution in [2.75, 3.05) is 6.54 Å². The van der Waals surface area contributed by atoms with Crippen LogP contribution < -0.4 is 5.56 Å². The summed E-state index contributed by atoms with van der Waals surface area (Å²) in [4.78, 5) is 25.3. The van der Waals surface area contributed by atoms with E-state index in [-0.39, 0.29) is 27.3 Å². The van der Waals surface area contributed by atoms with Crippen LogP contribution in [-0.2, 0) is 21.5 Å². The second-order valence-electron chi connectivity index (χ2n) is 10.8. The highest BCUT2D eigenvalue weighted by atomic mass is 32.2. The first-order valence-electron chi connectivity index (χ1n) is 11.6. The van der Waals surface area contributed by atoms with Gasteiger partial charge in [-0.1, -0.05) is 44.2 Å². The van der Waals surface area contributed by atoms with Crippen LogP contribution in [0.5, 0.6) is 0 Å². The molecule has 1 aliphatic carbocycles. The quantitative estimate of drug-likeness (QED) is 0.499. The molecule has 5 rings (SSSR count). The molecule has 10 heteroatoms. The predicted octanol–water partition coefficient (Wildman–Crippen LogP) is 3.20. The van der Waals surface area contributed by atoms with Gasteiger partial charge in [0.1, 0.15) is 5.52 Å². The van der Waals surface area contributed by atoms with Gasteiger partial charge in [0.2, 0.25) is 10.0 Å². The molecule has 0 amide bonds. The summed E-state index contributed by atoms with van der Waals surface area (Å²) in [5.41, 5.74) is 0.126. The molecule has 184 valence electrons. The molecule has 2 aromatic carbocycles. The monoisotopic (exact) mass is 496 g/mol. The van der Waals surface area contributed by atoms with Crippen LogP contribution >= 0.6 is 0 Å². The summed E-state index contributed by atoms with van der Waals surface area (Å²) in [5.74, 6) is -0.753. The Hall–Kier alpha value is -3.11. The normalized spacial score (nSPS) is 23.9. The van der Waals surface area contributed by atoms with E-state index in [1.54, 1.807) is 28.6 Å². The Kier molecular flexibility index (Phi) is 5.56. The minimum atomic E-state index is -3.79. The van der Waals surface area contributed by atoms with Crippen molar-refractivity contribution in [3.05, 3.63) is 64.4 Å². The van der Waals surface area contributed by atoms with E-state index in [1.807, 2.05) is 0 Å². The minimum Gasteiger partial charge on any atom is -0.439 e. The van der Waals surface area contributed by atoms with E-state index >= 15 is 0 Å². The van der Waals surface area contributed by atoms with Gasteiger partial charge in [0.15, 0.2) is 6.73 Å². The summed E-state index contributed by atoms with van der Waals surface area (Å²) in [6.45, 7) is 6.57. The first kappa shape index (κ1) is 23.6. The number of benzene rings is 2. The standard InChI is InChI=1S/C25H28N4O5S/c1-24(2)12-18-13-25(3,14-24)15-29(18)35(32,33)19-8-6-7-17(11-19)23(31)34-16-28-22(30)20-9-4-5-10-21(20)26-27-28/h4-11,18H,12-16H2,1-3H3/t18-,25+/m0/s1. The molecule has 1 saturated carbocycles. The van der Waals surface area contributed by atoms with E-state index in [0.717, 1.165) is 23.9 Å². The number of nitrogens with zero attached hydrogens (tertiary/aromatic N) is 4. The molecule has 1 aromatic heterocycles. The van der Waals surface area contributed by atoms with Crippen molar-refractivity contribution in [1.29, 1.82) is 0 Å². The zero-order chi connectivity index (χ0) is 25.0. The van der Waals surface area contributed by atoms with Crippen LogP contribution in [0.2, 0.25) is 0 Å². The van der Waals surface area contributed by atoms with Gasteiger partial charge in [-0.25, -0.2) is 13.2 Å². The number of esters is 1. The fraction of sp³-hybridized carbons (Fsp3) is 0.440. The second kappa shape index (κ2) is 8.23. The lowest BCUT2D eigenvalue weighted by atomic mass is 9.65. The first-order valence-corrected chi connectivity index (χ1v) is 13.0. The molecular weight excluding hydrogens is 468 g/mol. The van der Waals surface area contributed by atoms with Crippen molar-refractivity contribution in [2.24, 2.45) is 10.8 Å². The van der Waals surface area contributed by atoms with E-state index < -0.39 is 28.3 Å². The molecule has 2 bridgehead atoms. The predicted molar refractivity (Wildman–Crippen MR) is 129 cm³/mol. The second-order valence-corrected chi connectivity index (χ2v) is 12.7. The average molecular weight is 497 g/mol. The number of ether oxygens (including phenoxy) is 1. The van der Waals surface area contributed by atoms with E-state index in [4.69, 9.17) is 4.74 Å². The topological polar surface area (TPSA) is 111 Å². The number of hydrogen-bond acceptors (Lipinski definition) is 7. The maximum absolute atomic E-state index is 13.6. The van der Waals surface area contributed by atoms with Gasteiger partial charge < -0.3 is 4.74 Å². The maximum Gasteiger partial charge on any atom is 0.339 e. The van der Waals surface area contributed by atoms with Crippen LogP contribution in [-0.4, -0.2) is 46.3 Å². The highest BCUT2D eigenvalue weighted by Crippen LogP contribution is 2.53. The third-order valence-corrected chi connectivity index (χ3v) is 8.88. The van der Waals surface area contributed by atoms with Gasteiger partial charge in [-0.15, -0.1) is 5.10 Å². The molecule has 2 atom stereocenters. The first-order chi connectivity index (χ1) is 16.5. The molecular formula is C25H28N4O5S. The van der Waals surface area contributed by atoms with Crippen LogP contribution in [0.15, 0.2) is 58.2 Å². The third-order valence-electron chi connectivity index (χ3n) is 6.99.